The molecule has 1 N–H and O–H groups in total. The Morgan fingerprint density at radius 1 is 0.970 bits per heavy atom. The smallest absolute Gasteiger partial charge is 0.279 e. The van der Waals surface area contributed by atoms with Crippen molar-refractivity contribution in [3.05, 3.63) is 94.5 Å². The molecule has 4 rings (SSSR count). The molecule has 0 bridgehead atoms. The minimum absolute atomic E-state index is 0.0852. The maximum absolute atomic E-state index is 13.5. The molecule has 1 unspecified atom stereocenters. The van der Waals surface area contributed by atoms with E-state index in [1.807, 2.05) is 31.2 Å². The summed E-state index contributed by atoms with van der Waals surface area (Å²) < 4.78 is 53.9. The van der Waals surface area contributed by atoms with E-state index < -0.39 is 26.1 Å². The fourth-order valence-corrected chi connectivity index (χ4v) is 5.82. The van der Waals surface area contributed by atoms with E-state index in [9.17, 15) is 16.8 Å². The molecular formula is C23H22ClN3O4S2. The zero-order chi connectivity index (χ0) is 23.8. The van der Waals surface area contributed by atoms with Crippen LogP contribution in [-0.2, 0) is 20.0 Å². The summed E-state index contributed by atoms with van der Waals surface area (Å²) in [5.41, 5.74) is 3.37. The zero-order valence-corrected chi connectivity index (χ0v) is 20.3. The highest BCUT2D eigenvalue weighted by Gasteiger charge is 2.37. The minimum atomic E-state index is -3.97. The SMILES string of the molecule is Cc1cccc(C2CC(c3cccc(NS(C)(=O)=O)c3)=NN2S(=O)(=O)c2ccc(Cl)cc2)c1. The first-order valence-electron chi connectivity index (χ1n) is 10.1. The molecule has 0 amide bonds. The van der Waals surface area contributed by atoms with Crippen molar-refractivity contribution in [2.45, 2.75) is 24.3 Å². The Labute approximate surface area is 198 Å². The monoisotopic (exact) mass is 503 g/mol. The second-order valence-electron chi connectivity index (χ2n) is 7.87. The van der Waals surface area contributed by atoms with E-state index in [1.165, 1.54) is 24.3 Å². The maximum atomic E-state index is 13.5. The van der Waals surface area contributed by atoms with Crippen molar-refractivity contribution < 1.29 is 16.8 Å². The van der Waals surface area contributed by atoms with Gasteiger partial charge in [0.25, 0.3) is 10.0 Å². The lowest BCUT2D eigenvalue weighted by Gasteiger charge is -2.23. The molecule has 33 heavy (non-hydrogen) atoms. The van der Waals surface area contributed by atoms with E-state index in [4.69, 9.17) is 11.6 Å². The fourth-order valence-electron chi connectivity index (χ4n) is 3.70. The average Bonchev–Trinajstić information content (AvgIpc) is 3.20. The largest absolute Gasteiger partial charge is 0.284 e. The van der Waals surface area contributed by atoms with Gasteiger partial charge in [-0.05, 0) is 54.4 Å². The van der Waals surface area contributed by atoms with Crippen LogP contribution in [0, 0.1) is 6.92 Å². The molecule has 10 heteroatoms. The van der Waals surface area contributed by atoms with Crippen LogP contribution in [0.3, 0.4) is 0 Å². The third kappa shape index (κ3) is 5.21. The van der Waals surface area contributed by atoms with Crippen LogP contribution >= 0.6 is 11.6 Å². The lowest BCUT2D eigenvalue weighted by molar-refractivity contribution is 0.371. The third-order valence-corrected chi connectivity index (χ3v) is 7.71. The molecule has 0 saturated heterocycles. The molecular weight excluding hydrogens is 482 g/mol. The summed E-state index contributed by atoms with van der Waals surface area (Å²) in [7, 11) is -7.43. The molecule has 1 atom stereocenters. The predicted molar refractivity (Wildman–Crippen MR) is 130 cm³/mol. The van der Waals surface area contributed by atoms with Crippen molar-refractivity contribution in [1.29, 1.82) is 0 Å². The van der Waals surface area contributed by atoms with E-state index in [1.54, 1.807) is 24.3 Å². The highest BCUT2D eigenvalue weighted by Crippen LogP contribution is 2.37. The Morgan fingerprint density at radius 2 is 1.67 bits per heavy atom. The van der Waals surface area contributed by atoms with Crippen LogP contribution in [-0.4, -0.2) is 33.2 Å². The Hall–Kier alpha value is -2.88. The van der Waals surface area contributed by atoms with Crippen LogP contribution in [0.25, 0.3) is 0 Å². The number of sulfonamides is 2. The van der Waals surface area contributed by atoms with Gasteiger partial charge in [0.15, 0.2) is 0 Å². The molecule has 0 radical (unpaired) electrons. The van der Waals surface area contributed by atoms with Gasteiger partial charge in [-0.2, -0.15) is 17.9 Å². The van der Waals surface area contributed by atoms with Crippen molar-refractivity contribution in [3.63, 3.8) is 0 Å². The summed E-state index contributed by atoms with van der Waals surface area (Å²) in [6.07, 6.45) is 1.40. The third-order valence-electron chi connectivity index (χ3n) is 5.16. The Kier molecular flexibility index (Phi) is 6.22. The van der Waals surface area contributed by atoms with Crippen LogP contribution in [0.4, 0.5) is 5.69 Å². The van der Waals surface area contributed by atoms with E-state index in [0.29, 0.717) is 28.4 Å². The van der Waals surface area contributed by atoms with Gasteiger partial charge in [0, 0.05) is 17.1 Å². The van der Waals surface area contributed by atoms with Crippen molar-refractivity contribution in [2.24, 2.45) is 5.10 Å². The topological polar surface area (TPSA) is 95.9 Å². The Bertz CT molecular complexity index is 1440. The Balaban J connectivity index is 1.79. The van der Waals surface area contributed by atoms with Crippen molar-refractivity contribution in [1.82, 2.24) is 4.41 Å². The average molecular weight is 504 g/mol. The highest BCUT2D eigenvalue weighted by atomic mass is 35.5. The number of aryl methyl sites for hydroxylation is 1. The first-order valence-corrected chi connectivity index (χ1v) is 13.8. The molecule has 0 aliphatic carbocycles. The van der Waals surface area contributed by atoms with Crippen molar-refractivity contribution >= 4 is 43.0 Å². The highest BCUT2D eigenvalue weighted by molar-refractivity contribution is 7.92. The normalized spacial score (nSPS) is 16.5. The van der Waals surface area contributed by atoms with Crippen molar-refractivity contribution in [2.75, 3.05) is 11.0 Å². The van der Waals surface area contributed by atoms with Crippen LogP contribution < -0.4 is 4.72 Å². The number of nitrogens with zero attached hydrogens (tertiary/aromatic N) is 2. The van der Waals surface area contributed by atoms with Crippen LogP contribution in [0.2, 0.25) is 5.02 Å². The molecule has 0 aromatic heterocycles. The second-order valence-corrected chi connectivity index (χ2v) is 11.8. The van der Waals surface area contributed by atoms with Crippen molar-refractivity contribution in [3.8, 4) is 0 Å². The number of anilines is 1. The van der Waals surface area contributed by atoms with Crippen LogP contribution in [0.5, 0.6) is 0 Å². The zero-order valence-electron chi connectivity index (χ0n) is 17.9. The number of hydrogen-bond acceptors (Lipinski definition) is 5. The van der Waals surface area contributed by atoms with Crippen LogP contribution in [0.1, 0.15) is 29.2 Å². The number of rotatable bonds is 6. The molecule has 0 fully saturated rings. The van der Waals surface area contributed by atoms with Gasteiger partial charge in [0.1, 0.15) is 0 Å². The van der Waals surface area contributed by atoms with E-state index >= 15 is 0 Å². The first-order chi connectivity index (χ1) is 15.5. The minimum Gasteiger partial charge on any atom is -0.284 e. The number of benzene rings is 3. The molecule has 1 aliphatic rings. The van der Waals surface area contributed by atoms with Crippen LogP contribution in [0.15, 0.2) is 82.8 Å². The number of nitrogens with one attached hydrogen (secondary N) is 1. The summed E-state index contributed by atoms with van der Waals surface area (Å²) in [5, 5.41) is 4.94. The summed E-state index contributed by atoms with van der Waals surface area (Å²) in [5.74, 6) is 0. The predicted octanol–water partition coefficient (Wildman–Crippen LogP) is 4.56. The number of hydrazone groups is 1. The second kappa shape index (κ2) is 8.81. The van der Waals surface area contributed by atoms with E-state index in [0.717, 1.165) is 21.8 Å². The fraction of sp³-hybridized carbons (Fsp3) is 0.174. The van der Waals surface area contributed by atoms with Gasteiger partial charge in [-0.25, -0.2) is 8.42 Å². The number of halogens is 1. The summed E-state index contributed by atoms with van der Waals surface area (Å²) >= 11 is 5.94. The van der Waals surface area contributed by atoms with Gasteiger partial charge >= 0.3 is 0 Å². The standard InChI is InChI=1S/C23H22ClN3O4S2/c1-16-5-3-7-18(13-16)23-15-22(17-6-4-8-20(14-17)26-32(2,28)29)25-27(23)33(30,31)21-11-9-19(24)10-12-21/h3-14,23,26H,15H2,1-2H3. The van der Waals surface area contributed by atoms with Gasteiger partial charge < -0.3 is 0 Å². The quantitative estimate of drug-likeness (QED) is 0.533. The Morgan fingerprint density at radius 3 is 2.33 bits per heavy atom. The van der Waals surface area contributed by atoms with Gasteiger partial charge in [0.2, 0.25) is 10.0 Å². The summed E-state index contributed by atoms with van der Waals surface area (Å²) in [6.45, 7) is 1.94. The lowest BCUT2D eigenvalue weighted by atomic mass is 9.98. The molecule has 172 valence electrons. The lowest BCUT2D eigenvalue weighted by Crippen LogP contribution is -2.27. The van der Waals surface area contributed by atoms with Gasteiger partial charge in [-0.3, -0.25) is 4.72 Å². The number of hydrogen-bond donors (Lipinski definition) is 1. The molecule has 7 nitrogen and oxygen atoms in total. The van der Waals surface area contributed by atoms with Gasteiger partial charge in [0.05, 0.1) is 22.9 Å². The van der Waals surface area contributed by atoms with E-state index in [-0.39, 0.29) is 4.90 Å². The molecule has 0 saturated carbocycles. The first kappa shape index (κ1) is 23.3. The summed E-state index contributed by atoms with van der Waals surface area (Å²) in [6, 6.07) is 19.8. The molecule has 3 aromatic carbocycles. The van der Waals surface area contributed by atoms with E-state index in [2.05, 4.69) is 9.82 Å². The molecule has 0 spiro atoms. The maximum Gasteiger partial charge on any atom is 0.279 e. The molecule has 1 aliphatic heterocycles. The van der Waals surface area contributed by atoms with Gasteiger partial charge in [-0.1, -0.05) is 53.6 Å². The van der Waals surface area contributed by atoms with Gasteiger partial charge in [-0.15, -0.1) is 0 Å². The molecule has 3 aromatic rings. The summed E-state index contributed by atoms with van der Waals surface area (Å²) in [4.78, 5) is 0.0852. The molecule has 1 heterocycles.